The molecule has 2 heteroatoms. The van der Waals surface area contributed by atoms with Crippen LogP contribution >= 0.6 is 0 Å². The zero-order valence-electron chi connectivity index (χ0n) is 15.0. The van der Waals surface area contributed by atoms with Gasteiger partial charge in [-0.25, -0.2) is 0 Å². The topological polar surface area (TPSA) is 34.1 Å². The van der Waals surface area contributed by atoms with Crippen LogP contribution in [-0.2, 0) is 10.2 Å². The van der Waals surface area contributed by atoms with Crippen molar-refractivity contribution in [1.29, 1.82) is 0 Å². The van der Waals surface area contributed by atoms with Crippen LogP contribution in [0.25, 0.3) is 0 Å². The molecule has 0 saturated heterocycles. The van der Waals surface area contributed by atoms with Gasteiger partial charge < -0.3 is 0 Å². The van der Waals surface area contributed by atoms with E-state index in [1.807, 2.05) is 6.07 Å². The van der Waals surface area contributed by atoms with E-state index in [9.17, 15) is 9.59 Å². The Bertz CT molecular complexity index is 668. The van der Waals surface area contributed by atoms with Crippen LogP contribution in [0.15, 0.2) is 18.2 Å². The molecule has 0 aliphatic heterocycles. The van der Waals surface area contributed by atoms with E-state index in [4.69, 9.17) is 0 Å². The first-order valence-corrected chi connectivity index (χ1v) is 8.89. The van der Waals surface area contributed by atoms with E-state index < -0.39 is 5.41 Å². The van der Waals surface area contributed by atoms with E-state index in [-0.39, 0.29) is 22.9 Å². The Morgan fingerprint density at radius 1 is 1.22 bits per heavy atom. The van der Waals surface area contributed by atoms with E-state index in [0.29, 0.717) is 12.3 Å². The Balaban J connectivity index is 2.25. The first-order chi connectivity index (χ1) is 10.7. The number of rotatable bonds is 2. The van der Waals surface area contributed by atoms with Crippen molar-refractivity contribution in [2.75, 3.05) is 0 Å². The van der Waals surface area contributed by atoms with Crippen molar-refractivity contribution < 1.29 is 9.59 Å². The van der Waals surface area contributed by atoms with E-state index in [1.54, 1.807) is 6.92 Å². The van der Waals surface area contributed by atoms with Crippen molar-refractivity contribution in [2.24, 2.45) is 11.3 Å². The zero-order chi connectivity index (χ0) is 17.0. The van der Waals surface area contributed by atoms with Crippen molar-refractivity contribution in [1.82, 2.24) is 0 Å². The maximum Gasteiger partial charge on any atom is 0.163 e. The fourth-order valence-corrected chi connectivity index (χ4v) is 5.06. The molecule has 3 rings (SSSR count). The van der Waals surface area contributed by atoms with Crippen molar-refractivity contribution in [2.45, 2.75) is 71.6 Å². The molecule has 1 aromatic rings. The number of hydrogen-bond donors (Lipinski definition) is 0. The summed E-state index contributed by atoms with van der Waals surface area (Å²) < 4.78 is 0. The molecule has 1 fully saturated rings. The summed E-state index contributed by atoms with van der Waals surface area (Å²) >= 11 is 0. The number of fused-ring (bicyclic) bond motifs is 3. The minimum Gasteiger partial charge on any atom is -0.299 e. The number of ketones is 2. The molecule has 0 heterocycles. The molecule has 0 N–H and O–H groups in total. The van der Waals surface area contributed by atoms with Crippen molar-refractivity contribution >= 4 is 11.6 Å². The van der Waals surface area contributed by atoms with Crippen molar-refractivity contribution in [3.63, 3.8) is 0 Å². The van der Waals surface area contributed by atoms with Crippen LogP contribution in [0.4, 0.5) is 0 Å². The SMILES string of the molecule is CC(=O)C12CCCC(C)(C)C1CC(=O)c1cc(C(C)C)ccc12. The van der Waals surface area contributed by atoms with Gasteiger partial charge in [0.05, 0.1) is 5.41 Å². The van der Waals surface area contributed by atoms with Gasteiger partial charge in [0.15, 0.2) is 5.78 Å². The molecule has 1 aromatic carbocycles. The summed E-state index contributed by atoms with van der Waals surface area (Å²) in [5, 5.41) is 0. The lowest BCUT2D eigenvalue weighted by Crippen LogP contribution is -2.54. The van der Waals surface area contributed by atoms with E-state index >= 15 is 0 Å². The highest BCUT2D eigenvalue weighted by molar-refractivity contribution is 6.04. The first-order valence-electron chi connectivity index (χ1n) is 8.89. The molecule has 2 aliphatic rings. The van der Waals surface area contributed by atoms with Crippen molar-refractivity contribution in [3.05, 3.63) is 34.9 Å². The molecule has 23 heavy (non-hydrogen) atoms. The van der Waals surface area contributed by atoms with Gasteiger partial charge in [-0.05, 0) is 54.2 Å². The van der Waals surface area contributed by atoms with E-state index in [1.165, 1.54) is 5.56 Å². The van der Waals surface area contributed by atoms with Crippen LogP contribution in [0.1, 0.15) is 87.7 Å². The average Bonchev–Trinajstić information content (AvgIpc) is 2.47. The van der Waals surface area contributed by atoms with Gasteiger partial charge >= 0.3 is 0 Å². The third-order valence-electron chi connectivity index (χ3n) is 6.44. The molecule has 0 spiro atoms. The maximum absolute atomic E-state index is 12.9. The first kappa shape index (κ1) is 16.4. The fraction of sp³-hybridized carbons (Fsp3) is 0.619. The number of benzene rings is 1. The lowest BCUT2D eigenvalue weighted by atomic mass is 9.48. The Morgan fingerprint density at radius 2 is 1.91 bits per heavy atom. The number of Topliss-reactive ketones (excluding diaryl/α,β-unsaturated/α-hetero) is 2. The Morgan fingerprint density at radius 3 is 2.52 bits per heavy atom. The molecule has 2 atom stereocenters. The molecule has 2 unspecified atom stereocenters. The van der Waals surface area contributed by atoms with Gasteiger partial charge in [0, 0.05) is 12.0 Å². The summed E-state index contributed by atoms with van der Waals surface area (Å²) in [4.78, 5) is 25.7. The normalized spacial score (nSPS) is 29.1. The molecule has 0 bridgehead atoms. The minimum absolute atomic E-state index is 0.0357. The van der Waals surface area contributed by atoms with Crippen LogP contribution in [0.3, 0.4) is 0 Å². The lowest BCUT2D eigenvalue weighted by molar-refractivity contribution is -0.129. The van der Waals surface area contributed by atoms with E-state index in [2.05, 4.69) is 39.8 Å². The Labute approximate surface area is 139 Å². The van der Waals surface area contributed by atoms with Crippen LogP contribution < -0.4 is 0 Å². The number of carbonyl (C=O) groups is 2. The van der Waals surface area contributed by atoms with Crippen LogP contribution in [0.2, 0.25) is 0 Å². The second kappa shape index (κ2) is 5.29. The second-order valence-electron chi connectivity index (χ2n) is 8.51. The second-order valence-corrected chi connectivity index (χ2v) is 8.51. The van der Waals surface area contributed by atoms with Crippen molar-refractivity contribution in [3.8, 4) is 0 Å². The molecule has 124 valence electrons. The van der Waals surface area contributed by atoms with Gasteiger partial charge in [-0.3, -0.25) is 9.59 Å². The van der Waals surface area contributed by atoms with Gasteiger partial charge in [0.25, 0.3) is 0 Å². The zero-order valence-corrected chi connectivity index (χ0v) is 15.0. The van der Waals surface area contributed by atoms with E-state index in [0.717, 1.165) is 30.4 Å². The molecule has 2 nitrogen and oxygen atoms in total. The van der Waals surface area contributed by atoms with Gasteiger partial charge in [0.1, 0.15) is 5.78 Å². The average molecular weight is 312 g/mol. The highest BCUT2D eigenvalue weighted by Crippen LogP contribution is 2.57. The smallest absolute Gasteiger partial charge is 0.163 e. The summed E-state index contributed by atoms with van der Waals surface area (Å²) in [7, 11) is 0. The Hall–Kier alpha value is -1.44. The third kappa shape index (κ3) is 2.29. The predicted molar refractivity (Wildman–Crippen MR) is 93.0 cm³/mol. The van der Waals surface area contributed by atoms with Gasteiger partial charge in [0.2, 0.25) is 0 Å². The summed E-state index contributed by atoms with van der Waals surface area (Å²) in [6.07, 6.45) is 3.56. The molecule has 0 amide bonds. The van der Waals surface area contributed by atoms with Crippen LogP contribution in [0.5, 0.6) is 0 Å². The Kier molecular flexibility index (Phi) is 3.78. The van der Waals surface area contributed by atoms with Gasteiger partial charge in [-0.2, -0.15) is 0 Å². The summed E-state index contributed by atoms with van der Waals surface area (Å²) in [5.74, 6) is 0.980. The monoisotopic (exact) mass is 312 g/mol. The fourth-order valence-electron chi connectivity index (χ4n) is 5.06. The number of carbonyl (C=O) groups excluding carboxylic acids is 2. The molecule has 1 saturated carbocycles. The largest absolute Gasteiger partial charge is 0.299 e. The molecule has 0 radical (unpaired) electrons. The highest BCUT2D eigenvalue weighted by atomic mass is 16.1. The molecule has 2 aliphatic carbocycles. The molecule has 0 aromatic heterocycles. The standard InChI is InChI=1S/C21H28O2/c1-13(2)15-7-8-17-16(11-15)18(23)12-19-20(4,5)9-6-10-21(17,19)14(3)22/h7-8,11,13,19H,6,9-10,12H2,1-5H3. The van der Waals surface area contributed by atoms with Gasteiger partial charge in [-0.15, -0.1) is 0 Å². The summed E-state index contributed by atoms with van der Waals surface area (Å²) in [6.45, 7) is 10.5. The molecular weight excluding hydrogens is 284 g/mol. The highest BCUT2D eigenvalue weighted by Gasteiger charge is 2.56. The quantitative estimate of drug-likeness (QED) is 0.766. The van der Waals surface area contributed by atoms with Crippen LogP contribution in [0, 0.1) is 11.3 Å². The van der Waals surface area contributed by atoms with Gasteiger partial charge in [-0.1, -0.05) is 46.2 Å². The predicted octanol–water partition coefficient (Wildman–Crippen LogP) is 5.05. The number of hydrogen-bond acceptors (Lipinski definition) is 2. The minimum atomic E-state index is -0.458. The lowest BCUT2D eigenvalue weighted by Gasteiger charge is -2.54. The summed E-state index contributed by atoms with van der Waals surface area (Å²) in [6, 6.07) is 6.24. The third-order valence-corrected chi connectivity index (χ3v) is 6.44. The summed E-state index contributed by atoms with van der Waals surface area (Å²) in [5.41, 5.74) is 2.57. The molecular formula is C21H28O2. The maximum atomic E-state index is 12.9. The van der Waals surface area contributed by atoms with Crippen LogP contribution in [-0.4, -0.2) is 11.6 Å².